The van der Waals surface area contributed by atoms with Crippen LogP contribution < -0.4 is 14.4 Å². The number of para-hydroxylation sites is 1. The quantitative estimate of drug-likeness (QED) is 0.563. The van der Waals surface area contributed by atoms with Crippen molar-refractivity contribution < 1.29 is 22.3 Å². The first-order valence-electron chi connectivity index (χ1n) is 10.7. The predicted octanol–water partition coefficient (Wildman–Crippen LogP) is 4.22. The number of amides is 1. The summed E-state index contributed by atoms with van der Waals surface area (Å²) in [7, 11) is -3.70. The molecule has 8 heteroatoms. The lowest BCUT2D eigenvalue weighted by molar-refractivity contribution is -0.123. The maximum absolute atomic E-state index is 13.2. The van der Waals surface area contributed by atoms with Crippen molar-refractivity contribution in [2.45, 2.75) is 30.7 Å². The molecule has 1 amide bonds. The zero-order valence-electron chi connectivity index (χ0n) is 18.2. The molecule has 3 aromatic rings. The van der Waals surface area contributed by atoms with Gasteiger partial charge in [0.2, 0.25) is 0 Å². The van der Waals surface area contributed by atoms with Gasteiger partial charge in [0.15, 0.2) is 6.61 Å². The zero-order valence-corrected chi connectivity index (χ0v) is 19.0. The molecule has 1 atom stereocenters. The summed E-state index contributed by atoms with van der Waals surface area (Å²) in [5.41, 5.74) is 2.52. The van der Waals surface area contributed by atoms with Gasteiger partial charge in [-0.05, 0) is 73.4 Å². The van der Waals surface area contributed by atoms with Crippen LogP contribution in [0.5, 0.6) is 5.75 Å². The van der Waals surface area contributed by atoms with Gasteiger partial charge < -0.3 is 10.1 Å². The largest absolute Gasteiger partial charge is 0.484 e. The van der Waals surface area contributed by atoms with Crippen molar-refractivity contribution >= 4 is 21.6 Å². The van der Waals surface area contributed by atoms with Crippen LogP contribution in [0.1, 0.15) is 30.5 Å². The summed E-state index contributed by atoms with van der Waals surface area (Å²) in [6.07, 6.45) is 1.62. The lowest BCUT2D eigenvalue weighted by atomic mass is 10.0. The molecule has 172 valence electrons. The smallest absolute Gasteiger partial charge is 0.264 e. The first-order valence-corrected chi connectivity index (χ1v) is 12.2. The lowest BCUT2D eigenvalue weighted by Crippen LogP contribution is -2.35. The van der Waals surface area contributed by atoms with Crippen molar-refractivity contribution in [1.29, 1.82) is 0 Å². The molecule has 1 heterocycles. The van der Waals surface area contributed by atoms with E-state index in [1.54, 1.807) is 31.2 Å². The van der Waals surface area contributed by atoms with Crippen LogP contribution in [0.25, 0.3) is 0 Å². The normalized spacial score (nSPS) is 14.3. The van der Waals surface area contributed by atoms with E-state index in [1.165, 1.54) is 28.6 Å². The number of hydrogen-bond acceptors (Lipinski definition) is 4. The lowest BCUT2D eigenvalue weighted by Gasteiger charge is -2.30. The Balaban J connectivity index is 1.37. The number of ether oxygens (including phenoxy) is 1. The molecule has 4 rings (SSSR count). The summed E-state index contributed by atoms with van der Waals surface area (Å²) in [4.78, 5) is 12.4. The Morgan fingerprint density at radius 3 is 2.48 bits per heavy atom. The van der Waals surface area contributed by atoms with Crippen molar-refractivity contribution in [3.63, 3.8) is 0 Å². The average Bonchev–Trinajstić information content (AvgIpc) is 2.83. The van der Waals surface area contributed by atoms with Gasteiger partial charge in [-0.3, -0.25) is 9.10 Å². The van der Waals surface area contributed by atoms with Gasteiger partial charge in [-0.15, -0.1) is 0 Å². The van der Waals surface area contributed by atoms with E-state index in [1.807, 2.05) is 24.3 Å². The zero-order chi connectivity index (χ0) is 23.4. The van der Waals surface area contributed by atoms with E-state index in [-0.39, 0.29) is 29.3 Å². The number of carbonyl (C=O) groups excluding carboxylic acids is 1. The molecule has 3 aromatic carbocycles. The highest BCUT2D eigenvalue weighted by molar-refractivity contribution is 7.92. The Hall–Kier alpha value is -3.39. The predicted molar refractivity (Wildman–Crippen MR) is 124 cm³/mol. The Morgan fingerprint density at radius 2 is 1.76 bits per heavy atom. The second-order valence-electron chi connectivity index (χ2n) is 7.91. The topological polar surface area (TPSA) is 75.7 Å². The fourth-order valence-electron chi connectivity index (χ4n) is 3.85. The van der Waals surface area contributed by atoms with Crippen LogP contribution in [0.2, 0.25) is 0 Å². The summed E-state index contributed by atoms with van der Waals surface area (Å²) < 4.78 is 46.4. The summed E-state index contributed by atoms with van der Waals surface area (Å²) in [6.45, 7) is 2.00. The maximum atomic E-state index is 13.2. The van der Waals surface area contributed by atoms with E-state index in [4.69, 9.17) is 4.74 Å². The number of nitrogens with one attached hydrogen (secondary N) is 1. The summed E-state index contributed by atoms with van der Waals surface area (Å²) in [5, 5.41) is 2.78. The Morgan fingerprint density at radius 1 is 1.06 bits per heavy atom. The van der Waals surface area contributed by atoms with E-state index in [2.05, 4.69) is 5.32 Å². The van der Waals surface area contributed by atoms with Crippen molar-refractivity contribution in [3.8, 4) is 5.75 Å². The molecule has 1 aliphatic rings. The SMILES string of the molecule is C[C@H](NC(=O)COc1ccc(S(=O)(=O)N2CCCc3ccccc32)cc1)c1ccc(F)cc1. The van der Waals surface area contributed by atoms with Gasteiger partial charge in [-0.2, -0.15) is 0 Å². The van der Waals surface area contributed by atoms with Crippen LogP contribution in [0.4, 0.5) is 10.1 Å². The molecule has 0 unspecified atom stereocenters. The summed E-state index contributed by atoms with van der Waals surface area (Å²) in [6, 6.07) is 19.2. The van der Waals surface area contributed by atoms with Crippen LogP contribution in [0, 0.1) is 5.82 Å². The van der Waals surface area contributed by atoms with Gasteiger partial charge in [0.1, 0.15) is 11.6 Å². The first-order chi connectivity index (χ1) is 15.8. The first kappa shape index (κ1) is 22.8. The monoisotopic (exact) mass is 468 g/mol. The molecule has 6 nitrogen and oxygen atoms in total. The third kappa shape index (κ3) is 5.17. The minimum absolute atomic E-state index is 0.168. The molecule has 0 aliphatic carbocycles. The molecular formula is C25H25FN2O4S. The van der Waals surface area contributed by atoms with E-state index >= 15 is 0 Å². The minimum atomic E-state index is -3.70. The van der Waals surface area contributed by atoms with Gasteiger partial charge >= 0.3 is 0 Å². The molecule has 0 saturated carbocycles. The van der Waals surface area contributed by atoms with Crippen LogP contribution in [0.3, 0.4) is 0 Å². The van der Waals surface area contributed by atoms with Crippen LogP contribution in [-0.4, -0.2) is 27.5 Å². The average molecular weight is 469 g/mol. The van der Waals surface area contributed by atoms with E-state index in [0.29, 0.717) is 12.3 Å². The third-order valence-electron chi connectivity index (χ3n) is 5.60. The third-order valence-corrected chi connectivity index (χ3v) is 7.42. The molecule has 0 fully saturated rings. The molecule has 0 aromatic heterocycles. The number of halogens is 1. The molecule has 0 saturated heterocycles. The molecular weight excluding hydrogens is 443 g/mol. The second kappa shape index (κ2) is 9.62. The van der Waals surface area contributed by atoms with E-state index < -0.39 is 10.0 Å². The fraction of sp³-hybridized carbons (Fsp3) is 0.240. The number of carbonyl (C=O) groups is 1. The molecule has 1 aliphatic heterocycles. The Kier molecular flexibility index (Phi) is 6.65. The van der Waals surface area contributed by atoms with Crippen molar-refractivity contribution in [3.05, 3.63) is 89.7 Å². The highest BCUT2D eigenvalue weighted by Crippen LogP contribution is 2.32. The number of rotatable bonds is 7. The van der Waals surface area contributed by atoms with Crippen molar-refractivity contribution in [2.75, 3.05) is 17.5 Å². The summed E-state index contributed by atoms with van der Waals surface area (Å²) in [5.74, 6) is -0.290. The van der Waals surface area contributed by atoms with Gasteiger partial charge in [-0.1, -0.05) is 30.3 Å². The number of sulfonamides is 1. The number of benzene rings is 3. The molecule has 0 bridgehead atoms. The summed E-state index contributed by atoms with van der Waals surface area (Å²) >= 11 is 0. The minimum Gasteiger partial charge on any atom is -0.484 e. The van der Waals surface area contributed by atoms with Crippen LogP contribution in [0.15, 0.2) is 77.7 Å². The van der Waals surface area contributed by atoms with Gasteiger partial charge in [0.25, 0.3) is 15.9 Å². The fourth-order valence-corrected chi connectivity index (χ4v) is 5.39. The van der Waals surface area contributed by atoms with Crippen molar-refractivity contribution in [1.82, 2.24) is 5.32 Å². The Bertz CT molecular complexity index is 1230. The highest BCUT2D eigenvalue weighted by Gasteiger charge is 2.28. The number of aryl methyl sites for hydroxylation is 1. The van der Waals surface area contributed by atoms with E-state index in [9.17, 15) is 17.6 Å². The maximum Gasteiger partial charge on any atom is 0.264 e. The molecule has 0 radical (unpaired) electrons. The van der Waals surface area contributed by atoms with Crippen LogP contribution >= 0.6 is 0 Å². The van der Waals surface area contributed by atoms with Crippen molar-refractivity contribution in [2.24, 2.45) is 0 Å². The van der Waals surface area contributed by atoms with Gasteiger partial charge in [0.05, 0.1) is 16.6 Å². The van der Waals surface area contributed by atoms with Crippen LogP contribution in [-0.2, 0) is 21.2 Å². The standard InChI is InChI=1S/C25H25FN2O4S/c1-18(19-8-10-21(26)11-9-19)27-25(29)17-32-22-12-14-23(15-13-22)33(30,31)28-16-4-6-20-5-2-3-7-24(20)28/h2-3,5,7-15,18H,4,6,16-17H2,1H3,(H,27,29)/t18-/m0/s1. The molecule has 0 spiro atoms. The highest BCUT2D eigenvalue weighted by atomic mass is 32.2. The second-order valence-corrected chi connectivity index (χ2v) is 9.77. The van der Waals surface area contributed by atoms with Gasteiger partial charge in [-0.25, -0.2) is 12.8 Å². The number of fused-ring (bicyclic) bond motifs is 1. The van der Waals surface area contributed by atoms with E-state index in [0.717, 1.165) is 29.7 Å². The van der Waals surface area contributed by atoms with Gasteiger partial charge in [0, 0.05) is 6.54 Å². The number of nitrogens with zero attached hydrogens (tertiary/aromatic N) is 1. The molecule has 1 N–H and O–H groups in total. The number of hydrogen-bond donors (Lipinski definition) is 1. The number of anilines is 1. The Labute approximate surface area is 193 Å². The molecule has 33 heavy (non-hydrogen) atoms.